The number of rotatable bonds is 2. The molecule has 0 spiro atoms. The average Bonchev–Trinajstić information content (AvgIpc) is 1.62. The van der Waals surface area contributed by atoms with Crippen LogP contribution in [-0.4, -0.2) is 6.04 Å². The van der Waals surface area contributed by atoms with Crippen LogP contribution < -0.4 is 5.73 Å². The van der Waals surface area contributed by atoms with E-state index in [1.807, 2.05) is 0 Å². The van der Waals surface area contributed by atoms with Crippen molar-refractivity contribution in [1.29, 1.82) is 0 Å². The van der Waals surface area contributed by atoms with E-state index < -0.39 is 0 Å². The van der Waals surface area contributed by atoms with Gasteiger partial charge in [-0.2, -0.15) is 0 Å². The van der Waals surface area contributed by atoms with Gasteiger partial charge in [-0.1, -0.05) is 26.8 Å². The average molecular weight is 127 g/mol. The summed E-state index contributed by atoms with van der Waals surface area (Å²) >= 11 is 0. The Labute approximate surface area is 57.9 Å². The van der Waals surface area contributed by atoms with Crippen molar-refractivity contribution in [2.24, 2.45) is 11.1 Å². The number of hydrogen-bond acceptors (Lipinski definition) is 1. The van der Waals surface area contributed by atoms with Crippen LogP contribution in [0.2, 0.25) is 0 Å². The van der Waals surface area contributed by atoms with Gasteiger partial charge in [0.1, 0.15) is 0 Å². The molecule has 0 amide bonds. The van der Waals surface area contributed by atoms with Crippen molar-refractivity contribution in [3.63, 3.8) is 0 Å². The normalized spacial score (nSPS) is 15.1. The molecule has 0 bridgehead atoms. The quantitative estimate of drug-likeness (QED) is 0.564. The lowest BCUT2D eigenvalue weighted by molar-refractivity contribution is 0.361. The Morgan fingerprint density at radius 1 is 1.56 bits per heavy atom. The van der Waals surface area contributed by atoms with Crippen molar-refractivity contribution in [1.82, 2.24) is 0 Å². The second kappa shape index (κ2) is 3.02. The zero-order valence-electron chi connectivity index (χ0n) is 6.65. The lowest BCUT2D eigenvalue weighted by Crippen LogP contribution is -2.23. The molecule has 0 aliphatic carbocycles. The van der Waals surface area contributed by atoms with Gasteiger partial charge in [0.25, 0.3) is 0 Å². The van der Waals surface area contributed by atoms with E-state index in [2.05, 4.69) is 27.4 Å². The summed E-state index contributed by atoms with van der Waals surface area (Å²) in [7, 11) is 0. The molecule has 0 aliphatic rings. The summed E-state index contributed by atoms with van der Waals surface area (Å²) in [6, 6.07) is 0.157. The highest BCUT2D eigenvalue weighted by Crippen LogP contribution is 2.19. The summed E-state index contributed by atoms with van der Waals surface area (Å²) in [4.78, 5) is 0. The smallest absolute Gasteiger partial charge is 0.0226 e. The minimum absolute atomic E-state index is 0.157. The zero-order chi connectivity index (χ0) is 7.49. The standard InChI is InChI=1S/C8H17N/c1-5-7(9)6-8(2,3)4/h5,7H,1,6,9H2,2-4H3/t7-/m1/s1. The summed E-state index contributed by atoms with van der Waals surface area (Å²) in [5.41, 5.74) is 5.97. The number of hydrogen-bond donors (Lipinski definition) is 1. The summed E-state index contributed by atoms with van der Waals surface area (Å²) in [6.07, 6.45) is 2.81. The number of nitrogens with two attached hydrogens (primary N) is 1. The summed E-state index contributed by atoms with van der Waals surface area (Å²) < 4.78 is 0. The maximum atomic E-state index is 5.64. The van der Waals surface area contributed by atoms with Crippen LogP contribution in [-0.2, 0) is 0 Å². The lowest BCUT2D eigenvalue weighted by atomic mass is 9.88. The predicted octanol–water partition coefficient (Wildman–Crippen LogP) is 1.94. The third-order valence-electron chi connectivity index (χ3n) is 1.15. The molecule has 1 heteroatoms. The Morgan fingerprint density at radius 3 is 2.11 bits per heavy atom. The molecule has 54 valence electrons. The van der Waals surface area contributed by atoms with Crippen LogP contribution >= 0.6 is 0 Å². The van der Waals surface area contributed by atoms with Crippen molar-refractivity contribution in [2.75, 3.05) is 0 Å². The molecule has 0 heterocycles. The molecule has 0 saturated heterocycles. The highest BCUT2D eigenvalue weighted by molar-refractivity contribution is 4.85. The summed E-state index contributed by atoms with van der Waals surface area (Å²) in [5.74, 6) is 0. The molecule has 0 aromatic carbocycles. The van der Waals surface area contributed by atoms with E-state index in [-0.39, 0.29) is 6.04 Å². The molecule has 0 aliphatic heterocycles. The molecular formula is C8H17N. The summed E-state index contributed by atoms with van der Waals surface area (Å²) in [6.45, 7) is 10.2. The van der Waals surface area contributed by atoms with Crippen molar-refractivity contribution < 1.29 is 0 Å². The van der Waals surface area contributed by atoms with Crippen molar-refractivity contribution in [3.05, 3.63) is 12.7 Å². The molecule has 2 N–H and O–H groups in total. The Bertz CT molecular complexity index is 89.2. The molecule has 1 nitrogen and oxygen atoms in total. The molecule has 0 aromatic heterocycles. The van der Waals surface area contributed by atoms with Crippen LogP contribution in [0.4, 0.5) is 0 Å². The minimum Gasteiger partial charge on any atom is -0.324 e. The second-order valence-electron chi connectivity index (χ2n) is 3.66. The summed E-state index contributed by atoms with van der Waals surface area (Å²) in [5, 5.41) is 0. The molecule has 0 aromatic rings. The third-order valence-corrected chi connectivity index (χ3v) is 1.15. The van der Waals surface area contributed by atoms with E-state index in [0.717, 1.165) is 6.42 Å². The topological polar surface area (TPSA) is 26.0 Å². The highest BCUT2D eigenvalue weighted by atomic mass is 14.6. The van der Waals surface area contributed by atoms with Gasteiger partial charge in [-0.05, 0) is 11.8 Å². The molecule has 0 radical (unpaired) electrons. The predicted molar refractivity (Wildman–Crippen MR) is 42.2 cm³/mol. The van der Waals surface area contributed by atoms with E-state index in [4.69, 9.17) is 5.73 Å². The first-order valence-corrected chi connectivity index (χ1v) is 3.34. The maximum Gasteiger partial charge on any atom is 0.0226 e. The molecule has 0 unspecified atom stereocenters. The fraction of sp³-hybridized carbons (Fsp3) is 0.750. The largest absolute Gasteiger partial charge is 0.324 e. The lowest BCUT2D eigenvalue weighted by Gasteiger charge is -2.20. The van der Waals surface area contributed by atoms with Gasteiger partial charge in [0, 0.05) is 6.04 Å². The fourth-order valence-electron chi connectivity index (χ4n) is 0.790. The van der Waals surface area contributed by atoms with Gasteiger partial charge in [-0.25, -0.2) is 0 Å². The Balaban J connectivity index is 3.59. The van der Waals surface area contributed by atoms with Crippen LogP contribution in [0.25, 0.3) is 0 Å². The zero-order valence-corrected chi connectivity index (χ0v) is 6.65. The van der Waals surface area contributed by atoms with Gasteiger partial charge in [0.2, 0.25) is 0 Å². The van der Waals surface area contributed by atoms with Gasteiger partial charge in [-0.15, -0.1) is 6.58 Å². The van der Waals surface area contributed by atoms with Gasteiger partial charge in [0.15, 0.2) is 0 Å². The van der Waals surface area contributed by atoms with E-state index >= 15 is 0 Å². The Kier molecular flexibility index (Phi) is 2.92. The van der Waals surface area contributed by atoms with E-state index in [9.17, 15) is 0 Å². The molecule has 0 rings (SSSR count). The second-order valence-corrected chi connectivity index (χ2v) is 3.66. The van der Waals surface area contributed by atoms with Crippen molar-refractivity contribution in [2.45, 2.75) is 33.2 Å². The first-order valence-electron chi connectivity index (χ1n) is 3.34. The maximum absolute atomic E-state index is 5.64. The third kappa shape index (κ3) is 5.57. The van der Waals surface area contributed by atoms with E-state index in [0.29, 0.717) is 5.41 Å². The molecule has 1 atom stereocenters. The van der Waals surface area contributed by atoms with Gasteiger partial charge in [0.05, 0.1) is 0 Å². The first kappa shape index (κ1) is 8.70. The van der Waals surface area contributed by atoms with Crippen LogP contribution in [0.1, 0.15) is 27.2 Å². The highest BCUT2D eigenvalue weighted by Gasteiger charge is 2.12. The molecule has 0 fully saturated rings. The monoisotopic (exact) mass is 127 g/mol. The van der Waals surface area contributed by atoms with Gasteiger partial charge in [-0.3, -0.25) is 0 Å². The van der Waals surface area contributed by atoms with Gasteiger partial charge < -0.3 is 5.73 Å². The molecule has 9 heavy (non-hydrogen) atoms. The van der Waals surface area contributed by atoms with Crippen LogP contribution in [0.3, 0.4) is 0 Å². The minimum atomic E-state index is 0.157. The van der Waals surface area contributed by atoms with Crippen LogP contribution in [0, 0.1) is 5.41 Å². The van der Waals surface area contributed by atoms with E-state index in [1.165, 1.54) is 0 Å². The van der Waals surface area contributed by atoms with Crippen LogP contribution in [0.15, 0.2) is 12.7 Å². The SMILES string of the molecule is C=C[C@@H](N)CC(C)(C)C. The van der Waals surface area contributed by atoms with E-state index in [1.54, 1.807) is 6.08 Å². The van der Waals surface area contributed by atoms with Crippen molar-refractivity contribution in [3.8, 4) is 0 Å². The molecular weight excluding hydrogens is 110 g/mol. The Hall–Kier alpha value is -0.300. The van der Waals surface area contributed by atoms with Crippen LogP contribution in [0.5, 0.6) is 0 Å². The Morgan fingerprint density at radius 2 is 2.00 bits per heavy atom. The fourth-order valence-corrected chi connectivity index (χ4v) is 0.790. The van der Waals surface area contributed by atoms with Gasteiger partial charge >= 0.3 is 0 Å². The van der Waals surface area contributed by atoms with Crippen molar-refractivity contribution >= 4 is 0 Å². The first-order chi connectivity index (χ1) is 3.95. The molecule has 0 saturated carbocycles.